The van der Waals surface area contributed by atoms with Crippen molar-refractivity contribution in [3.8, 4) is 0 Å². The standard InChI is InChI=1S/C45H75NO10S/c1-11-28(3)38(49)55-31-19-21-43(8)30(24-31)15-16-32-34-18-17-33(44(34,9)36(47)25-35(32)43)29(4)14-13-20-45(12-2,27-41(5,6)39(50)46-57(10,52)53)40(51)56-42(7)22-23-54-37(48)26-42/h28-36,47H,11-27H2,1-10H3,(H,46,50)/t28?,29?,30?,31-,32?,33?,34?,35?,36-,42?,43-,44+,45?/m0/s1. The molecular weight excluding hydrogens is 747 g/mol. The van der Waals surface area contributed by atoms with Gasteiger partial charge in [-0.2, -0.15) is 0 Å². The maximum atomic E-state index is 14.4. The number of amides is 1. The zero-order valence-electron chi connectivity index (χ0n) is 36.7. The molecule has 1 saturated heterocycles. The third kappa shape index (κ3) is 9.42. The van der Waals surface area contributed by atoms with Crippen molar-refractivity contribution < 1.29 is 46.9 Å². The Balaban J connectivity index is 1.28. The van der Waals surface area contributed by atoms with Gasteiger partial charge in [0.25, 0.3) is 0 Å². The highest BCUT2D eigenvalue weighted by Crippen LogP contribution is 2.68. The molecule has 11 nitrogen and oxygen atoms in total. The third-order valence-corrected chi connectivity index (χ3v) is 17.2. The largest absolute Gasteiger partial charge is 0.465 e. The molecule has 13 atom stereocenters. The maximum absolute atomic E-state index is 14.4. The Kier molecular flexibility index (Phi) is 13.7. The number of nitrogens with one attached hydrogen (secondary N) is 1. The van der Waals surface area contributed by atoms with Crippen molar-refractivity contribution in [3.05, 3.63) is 0 Å². The molecule has 0 spiro atoms. The fraction of sp³-hybridized carbons (Fsp3) is 0.911. The highest BCUT2D eigenvalue weighted by atomic mass is 32.2. The molecule has 5 rings (SSSR count). The van der Waals surface area contributed by atoms with Crippen LogP contribution in [0.3, 0.4) is 0 Å². The van der Waals surface area contributed by atoms with Crippen LogP contribution < -0.4 is 4.72 Å². The summed E-state index contributed by atoms with van der Waals surface area (Å²) >= 11 is 0. The number of aliphatic hydroxyl groups is 1. The lowest BCUT2D eigenvalue weighted by Gasteiger charge is -2.62. The van der Waals surface area contributed by atoms with Gasteiger partial charge in [-0.3, -0.25) is 23.9 Å². The minimum atomic E-state index is -3.82. The Bertz CT molecular complexity index is 1610. The summed E-state index contributed by atoms with van der Waals surface area (Å²) in [4.78, 5) is 52.5. The van der Waals surface area contributed by atoms with Crippen LogP contribution in [0, 0.1) is 63.1 Å². The van der Waals surface area contributed by atoms with Gasteiger partial charge in [0.1, 0.15) is 11.7 Å². The Morgan fingerprint density at radius 3 is 2.33 bits per heavy atom. The molecule has 1 aliphatic heterocycles. The van der Waals surface area contributed by atoms with E-state index in [1.54, 1.807) is 20.8 Å². The fourth-order valence-electron chi connectivity index (χ4n) is 12.8. The number of hydrogen-bond donors (Lipinski definition) is 2. The molecule has 4 saturated carbocycles. The zero-order chi connectivity index (χ0) is 42.4. The van der Waals surface area contributed by atoms with Crippen LogP contribution in [-0.2, 0) is 43.4 Å². The minimum Gasteiger partial charge on any atom is -0.465 e. The van der Waals surface area contributed by atoms with Crippen LogP contribution in [0.4, 0.5) is 0 Å². The summed E-state index contributed by atoms with van der Waals surface area (Å²) in [5, 5.41) is 12.2. The van der Waals surface area contributed by atoms with E-state index in [2.05, 4.69) is 25.5 Å². The van der Waals surface area contributed by atoms with Gasteiger partial charge in [0, 0.05) is 11.8 Å². The number of aliphatic hydroxyl groups excluding tert-OH is 1. The number of carbonyl (C=O) groups excluding carboxylic acids is 4. The lowest BCUT2D eigenvalue weighted by Crippen LogP contribution is -2.59. The quantitative estimate of drug-likeness (QED) is 0.123. The molecule has 1 amide bonds. The van der Waals surface area contributed by atoms with Gasteiger partial charge in [-0.15, -0.1) is 0 Å². The van der Waals surface area contributed by atoms with Crippen molar-refractivity contribution in [2.75, 3.05) is 12.9 Å². The zero-order valence-corrected chi connectivity index (χ0v) is 37.6. The summed E-state index contributed by atoms with van der Waals surface area (Å²) in [6.45, 7) is 18.2. The van der Waals surface area contributed by atoms with Gasteiger partial charge in [-0.05, 0) is 130 Å². The van der Waals surface area contributed by atoms with E-state index in [9.17, 15) is 32.7 Å². The van der Waals surface area contributed by atoms with Gasteiger partial charge >= 0.3 is 17.9 Å². The molecular formula is C45H75NO10S. The number of esters is 3. The van der Waals surface area contributed by atoms with Crippen LogP contribution in [0.5, 0.6) is 0 Å². The van der Waals surface area contributed by atoms with Crippen molar-refractivity contribution in [2.45, 2.75) is 183 Å². The second-order valence-corrected chi connectivity index (χ2v) is 22.6. The van der Waals surface area contributed by atoms with Crippen molar-refractivity contribution in [2.24, 2.45) is 63.1 Å². The van der Waals surface area contributed by atoms with Gasteiger partial charge in [0.2, 0.25) is 15.9 Å². The van der Waals surface area contributed by atoms with Gasteiger partial charge in [-0.1, -0.05) is 68.2 Å². The average molecular weight is 822 g/mol. The van der Waals surface area contributed by atoms with Crippen LogP contribution >= 0.6 is 0 Å². The predicted molar refractivity (Wildman–Crippen MR) is 218 cm³/mol. The summed E-state index contributed by atoms with van der Waals surface area (Å²) in [7, 11) is -3.82. The van der Waals surface area contributed by atoms with E-state index < -0.39 is 50.4 Å². The topological polar surface area (TPSA) is 162 Å². The Morgan fingerprint density at radius 1 is 1.00 bits per heavy atom. The second kappa shape index (κ2) is 17.0. The SMILES string of the molecule is CCC(C)C(=O)O[C@H]1CC[C@@]2(C)C(CCC3C2C[C@H](O)[C@]2(C)C(C(C)CCCC(CC)(CC(C)(C)C(=O)NS(C)(=O)=O)C(=O)OC4(C)CCOC(=O)C4)CCC32)C1. The minimum absolute atomic E-state index is 0.00483. The highest BCUT2D eigenvalue weighted by Gasteiger charge is 2.64. The van der Waals surface area contributed by atoms with Crippen molar-refractivity contribution in [1.29, 1.82) is 0 Å². The molecule has 5 fully saturated rings. The van der Waals surface area contributed by atoms with E-state index in [1.165, 1.54) is 0 Å². The number of fused-ring (bicyclic) bond motifs is 5. The molecule has 57 heavy (non-hydrogen) atoms. The fourth-order valence-corrected chi connectivity index (χ4v) is 13.5. The van der Waals surface area contributed by atoms with E-state index in [4.69, 9.17) is 14.2 Å². The molecule has 0 bridgehead atoms. The maximum Gasteiger partial charge on any atom is 0.312 e. The van der Waals surface area contributed by atoms with Crippen molar-refractivity contribution >= 4 is 33.8 Å². The van der Waals surface area contributed by atoms with Crippen molar-refractivity contribution in [3.63, 3.8) is 0 Å². The average Bonchev–Trinajstić information content (AvgIpc) is 3.48. The summed E-state index contributed by atoms with van der Waals surface area (Å²) < 4.78 is 43.5. The molecule has 0 radical (unpaired) electrons. The molecule has 0 aromatic rings. The van der Waals surface area contributed by atoms with Gasteiger partial charge in [-0.25, -0.2) is 8.42 Å². The summed E-state index contributed by atoms with van der Waals surface area (Å²) in [5.74, 6) is 0.864. The van der Waals surface area contributed by atoms with E-state index in [0.29, 0.717) is 55.3 Å². The van der Waals surface area contributed by atoms with E-state index >= 15 is 0 Å². The molecule has 4 aliphatic carbocycles. The van der Waals surface area contributed by atoms with Crippen LogP contribution in [0.15, 0.2) is 0 Å². The monoisotopic (exact) mass is 822 g/mol. The van der Waals surface area contributed by atoms with Gasteiger partial charge < -0.3 is 19.3 Å². The Morgan fingerprint density at radius 2 is 1.70 bits per heavy atom. The first kappa shape index (κ1) is 45.9. The predicted octanol–water partition coefficient (Wildman–Crippen LogP) is 7.91. The van der Waals surface area contributed by atoms with E-state index in [-0.39, 0.29) is 54.2 Å². The Labute approximate surface area is 343 Å². The number of rotatable bonds is 15. The number of sulfonamides is 1. The van der Waals surface area contributed by atoms with Crippen molar-refractivity contribution in [1.82, 2.24) is 4.72 Å². The smallest absolute Gasteiger partial charge is 0.312 e. The first-order valence-corrected chi connectivity index (χ1v) is 24.1. The lowest BCUT2D eigenvalue weighted by atomic mass is 9.43. The first-order chi connectivity index (χ1) is 26.4. The summed E-state index contributed by atoms with van der Waals surface area (Å²) in [6.07, 6.45) is 12.2. The van der Waals surface area contributed by atoms with E-state index in [0.717, 1.165) is 70.5 Å². The lowest BCUT2D eigenvalue weighted by molar-refractivity contribution is -0.186. The summed E-state index contributed by atoms with van der Waals surface area (Å²) in [5.41, 5.74) is -3.41. The van der Waals surface area contributed by atoms with Crippen LogP contribution in [0.1, 0.15) is 165 Å². The number of ether oxygens (including phenoxy) is 3. The normalized spacial score (nSPS) is 37.6. The van der Waals surface area contributed by atoms with Crippen LogP contribution in [0.2, 0.25) is 0 Å². The van der Waals surface area contributed by atoms with Crippen LogP contribution in [0.25, 0.3) is 0 Å². The van der Waals surface area contributed by atoms with Gasteiger partial charge in [0.05, 0.1) is 36.7 Å². The number of carbonyl (C=O) groups is 4. The molecule has 2 N–H and O–H groups in total. The third-order valence-electron chi connectivity index (χ3n) is 16.6. The molecule has 0 aromatic carbocycles. The molecule has 326 valence electrons. The number of hydrogen-bond acceptors (Lipinski definition) is 10. The van der Waals surface area contributed by atoms with E-state index in [1.807, 2.05) is 20.8 Å². The first-order valence-electron chi connectivity index (χ1n) is 22.2. The number of cyclic esters (lactones) is 1. The highest BCUT2D eigenvalue weighted by molar-refractivity contribution is 7.89. The Hall–Kier alpha value is -2.21. The van der Waals surface area contributed by atoms with Gasteiger partial charge in [0.15, 0.2) is 0 Å². The molecule has 12 heteroatoms. The molecule has 5 aliphatic rings. The molecule has 1 heterocycles. The second-order valence-electron chi connectivity index (χ2n) is 20.9. The molecule has 9 unspecified atom stereocenters. The molecule has 0 aromatic heterocycles. The van der Waals surface area contributed by atoms with Crippen LogP contribution in [-0.4, -0.2) is 68.0 Å². The summed E-state index contributed by atoms with van der Waals surface area (Å²) in [6, 6.07) is 0.